The third-order valence-corrected chi connectivity index (χ3v) is 5.36. The van der Waals surface area contributed by atoms with Crippen LogP contribution < -0.4 is 0 Å². The van der Waals surface area contributed by atoms with Crippen LogP contribution in [-0.2, 0) is 0 Å². The van der Waals surface area contributed by atoms with Gasteiger partial charge in [-0.1, -0.05) is 57.8 Å². The predicted octanol–water partition coefficient (Wildman–Crippen LogP) is 5.79. The highest BCUT2D eigenvalue weighted by atomic mass is 32.1. The SMILES string of the molecule is S=C=NC1CCC(CCCCC2CCCCC2)CC1. The summed E-state index contributed by atoms with van der Waals surface area (Å²) in [5, 5.41) is 2.55. The lowest BCUT2D eigenvalue weighted by molar-refractivity contribution is 0.290. The Balaban J connectivity index is 1.50. The molecule has 2 aliphatic carbocycles. The van der Waals surface area contributed by atoms with Crippen LogP contribution in [0.4, 0.5) is 0 Å². The van der Waals surface area contributed by atoms with Crippen molar-refractivity contribution in [3.8, 4) is 0 Å². The van der Waals surface area contributed by atoms with Crippen molar-refractivity contribution >= 4 is 17.4 Å². The Morgan fingerprint density at radius 3 is 1.95 bits per heavy atom. The number of isothiocyanates is 1. The fourth-order valence-electron chi connectivity index (χ4n) is 3.98. The van der Waals surface area contributed by atoms with Gasteiger partial charge in [-0.3, -0.25) is 0 Å². The maximum Gasteiger partial charge on any atom is 0.0603 e. The Hall–Kier alpha value is -0.200. The molecule has 0 aromatic rings. The van der Waals surface area contributed by atoms with Gasteiger partial charge in [0, 0.05) is 0 Å². The fraction of sp³-hybridized carbons (Fsp3) is 0.941. The summed E-state index contributed by atoms with van der Waals surface area (Å²) >= 11 is 4.69. The highest BCUT2D eigenvalue weighted by molar-refractivity contribution is 7.78. The molecular weight excluding hydrogens is 250 g/mol. The average molecular weight is 279 g/mol. The first-order valence-electron chi connectivity index (χ1n) is 8.45. The molecule has 19 heavy (non-hydrogen) atoms. The van der Waals surface area contributed by atoms with Gasteiger partial charge in [0.05, 0.1) is 11.2 Å². The fourth-order valence-corrected chi connectivity index (χ4v) is 4.13. The van der Waals surface area contributed by atoms with Gasteiger partial charge in [-0.25, -0.2) is 4.99 Å². The summed E-state index contributed by atoms with van der Waals surface area (Å²) in [5.74, 6) is 2.05. The van der Waals surface area contributed by atoms with E-state index < -0.39 is 0 Å². The number of aliphatic imine (C=N–C) groups is 1. The molecule has 2 rings (SSSR count). The number of unbranched alkanes of at least 4 members (excludes halogenated alkanes) is 1. The van der Waals surface area contributed by atoms with Crippen LogP contribution in [0, 0.1) is 11.8 Å². The van der Waals surface area contributed by atoms with Crippen LogP contribution in [0.3, 0.4) is 0 Å². The van der Waals surface area contributed by atoms with Gasteiger partial charge >= 0.3 is 0 Å². The van der Waals surface area contributed by atoms with E-state index in [9.17, 15) is 0 Å². The van der Waals surface area contributed by atoms with Crippen LogP contribution in [0.5, 0.6) is 0 Å². The van der Waals surface area contributed by atoms with E-state index >= 15 is 0 Å². The molecule has 0 heterocycles. The Morgan fingerprint density at radius 1 is 0.789 bits per heavy atom. The molecule has 0 saturated heterocycles. The Kier molecular flexibility index (Phi) is 7.09. The molecule has 0 unspecified atom stereocenters. The van der Waals surface area contributed by atoms with Crippen molar-refractivity contribution in [2.75, 3.05) is 0 Å². The zero-order chi connectivity index (χ0) is 13.3. The summed E-state index contributed by atoms with van der Waals surface area (Å²) in [6, 6.07) is 0.496. The predicted molar refractivity (Wildman–Crippen MR) is 85.8 cm³/mol. The van der Waals surface area contributed by atoms with Crippen molar-refractivity contribution in [1.82, 2.24) is 0 Å². The summed E-state index contributed by atoms with van der Waals surface area (Å²) in [4.78, 5) is 4.24. The Labute approximate surface area is 124 Å². The van der Waals surface area contributed by atoms with Gasteiger partial charge in [-0.2, -0.15) is 0 Å². The second-order valence-corrected chi connectivity index (χ2v) is 6.87. The van der Waals surface area contributed by atoms with E-state index in [4.69, 9.17) is 12.2 Å². The lowest BCUT2D eigenvalue weighted by Crippen LogP contribution is -2.17. The standard InChI is InChI=1S/C17H29NS/c19-14-18-17-12-10-16(11-13-17)9-5-4-8-15-6-2-1-3-7-15/h15-17H,1-13H2. The minimum Gasteiger partial charge on any atom is -0.229 e. The van der Waals surface area contributed by atoms with Crippen molar-refractivity contribution < 1.29 is 0 Å². The topological polar surface area (TPSA) is 12.4 Å². The molecule has 0 aliphatic heterocycles. The molecule has 0 radical (unpaired) electrons. The van der Waals surface area contributed by atoms with Crippen molar-refractivity contribution in [3.63, 3.8) is 0 Å². The molecule has 0 bridgehead atoms. The van der Waals surface area contributed by atoms with Crippen molar-refractivity contribution in [2.24, 2.45) is 16.8 Å². The Bertz CT molecular complexity index is 282. The quantitative estimate of drug-likeness (QED) is 0.340. The molecule has 2 heteroatoms. The molecular formula is C17H29NS. The third kappa shape index (κ3) is 5.75. The first-order chi connectivity index (χ1) is 9.38. The number of rotatable bonds is 6. The largest absolute Gasteiger partial charge is 0.229 e. The van der Waals surface area contributed by atoms with Crippen molar-refractivity contribution in [3.05, 3.63) is 0 Å². The van der Waals surface area contributed by atoms with Gasteiger partial charge < -0.3 is 0 Å². The van der Waals surface area contributed by atoms with Crippen LogP contribution in [-0.4, -0.2) is 11.2 Å². The number of nitrogens with zero attached hydrogens (tertiary/aromatic N) is 1. The zero-order valence-electron chi connectivity index (χ0n) is 12.3. The Morgan fingerprint density at radius 2 is 1.37 bits per heavy atom. The minimum atomic E-state index is 0.496. The maximum absolute atomic E-state index is 4.69. The molecule has 108 valence electrons. The van der Waals surface area contributed by atoms with E-state index in [1.165, 1.54) is 83.5 Å². The highest BCUT2D eigenvalue weighted by Crippen LogP contribution is 2.31. The number of thiocarbonyl (C=S) groups is 1. The van der Waals surface area contributed by atoms with Crippen LogP contribution in [0.2, 0.25) is 0 Å². The van der Waals surface area contributed by atoms with Crippen molar-refractivity contribution in [2.45, 2.75) is 89.5 Å². The lowest BCUT2D eigenvalue weighted by Gasteiger charge is -2.26. The molecule has 0 amide bonds. The number of hydrogen-bond donors (Lipinski definition) is 0. The monoisotopic (exact) mass is 279 g/mol. The molecule has 0 spiro atoms. The molecule has 2 aliphatic rings. The molecule has 0 aromatic heterocycles. The summed E-state index contributed by atoms with van der Waals surface area (Å²) < 4.78 is 0. The molecule has 2 fully saturated rings. The van der Waals surface area contributed by atoms with Crippen LogP contribution in [0.15, 0.2) is 4.99 Å². The molecule has 1 nitrogen and oxygen atoms in total. The van der Waals surface area contributed by atoms with Gasteiger partial charge in [-0.05, 0) is 49.7 Å². The third-order valence-electron chi connectivity index (χ3n) is 5.25. The molecule has 2 saturated carbocycles. The maximum atomic E-state index is 4.69. The van der Waals surface area contributed by atoms with E-state index in [0.29, 0.717) is 6.04 Å². The molecule has 0 aromatic carbocycles. The zero-order valence-corrected chi connectivity index (χ0v) is 13.1. The molecule has 0 N–H and O–H groups in total. The summed E-state index contributed by atoms with van der Waals surface area (Å²) in [6.45, 7) is 0. The molecule has 0 atom stereocenters. The van der Waals surface area contributed by atoms with E-state index in [-0.39, 0.29) is 0 Å². The number of hydrogen-bond acceptors (Lipinski definition) is 2. The van der Waals surface area contributed by atoms with Gasteiger partial charge in [0.1, 0.15) is 0 Å². The van der Waals surface area contributed by atoms with Gasteiger partial charge in [-0.15, -0.1) is 0 Å². The first kappa shape index (κ1) is 15.2. The smallest absolute Gasteiger partial charge is 0.0603 e. The van der Waals surface area contributed by atoms with E-state index in [1.807, 2.05) is 0 Å². The minimum absolute atomic E-state index is 0.496. The van der Waals surface area contributed by atoms with Gasteiger partial charge in [0.15, 0.2) is 0 Å². The van der Waals surface area contributed by atoms with E-state index in [0.717, 1.165) is 11.8 Å². The second-order valence-electron chi connectivity index (χ2n) is 6.68. The second kappa shape index (κ2) is 8.87. The van der Waals surface area contributed by atoms with Crippen LogP contribution >= 0.6 is 12.2 Å². The van der Waals surface area contributed by atoms with Gasteiger partial charge in [0.2, 0.25) is 0 Å². The van der Waals surface area contributed by atoms with Gasteiger partial charge in [0.25, 0.3) is 0 Å². The van der Waals surface area contributed by atoms with E-state index in [2.05, 4.69) is 10.2 Å². The van der Waals surface area contributed by atoms with E-state index in [1.54, 1.807) is 0 Å². The highest BCUT2D eigenvalue weighted by Gasteiger charge is 2.20. The summed E-state index contributed by atoms with van der Waals surface area (Å²) in [6.07, 6.45) is 18.6. The average Bonchev–Trinajstić information content (AvgIpc) is 2.47. The van der Waals surface area contributed by atoms with Crippen molar-refractivity contribution in [1.29, 1.82) is 0 Å². The summed E-state index contributed by atoms with van der Waals surface area (Å²) in [7, 11) is 0. The summed E-state index contributed by atoms with van der Waals surface area (Å²) in [5.41, 5.74) is 0. The van der Waals surface area contributed by atoms with Crippen LogP contribution in [0.1, 0.15) is 83.5 Å². The first-order valence-corrected chi connectivity index (χ1v) is 8.86. The lowest BCUT2D eigenvalue weighted by atomic mass is 9.82. The van der Waals surface area contributed by atoms with Crippen LogP contribution in [0.25, 0.3) is 0 Å². The normalized spacial score (nSPS) is 28.8.